The maximum atomic E-state index is 7.37. The van der Waals surface area contributed by atoms with E-state index in [2.05, 4.69) is 22.5 Å². The van der Waals surface area contributed by atoms with Gasteiger partial charge in [-0.2, -0.15) is 0 Å². The fourth-order valence-electron chi connectivity index (χ4n) is 2.71. The maximum absolute atomic E-state index is 7.37. The van der Waals surface area contributed by atoms with Crippen molar-refractivity contribution in [2.45, 2.75) is 26.2 Å². The second-order valence-electron chi connectivity index (χ2n) is 6.47. The van der Waals surface area contributed by atoms with Gasteiger partial charge < -0.3 is 15.2 Å². The van der Waals surface area contributed by atoms with Crippen LogP contribution in [-0.2, 0) is 0 Å². The molecule has 0 bridgehead atoms. The third-order valence-electron chi connectivity index (χ3n) is 4.26. The van der Waals surface area contributed by atoms with Crippen LogP contribution in [0, 0.1) is 12.3 Å². The molecule has 3 rings (SSSR count). The van der Waals surface area contributed by atoms with Gasteiger partial charge in [-0.1, -0.05) is 0 Å². The number of benzene rings is 2. The quantitative estimate of drug-likeness (QED) is 0.287. The molecule has 0 atom stereocenters. The molecule has 0 fully saturated rings. The molecule has 0 aliphatic carbocycles. The average molecular weight is 396 g/mol. The molecular weight excluding hydrogens is 370 g/mol. The van der Waals surface area contributed by atoms with Crippen LogP contribution >= 0.6 is 11.3 Å². The summed E-state index contributed by atoms with van der Waals surface area (Å²) in [5.74, 6) is 1.76. The van der Waals surface area contributed by atoms with E-state index < -0.39 is 0 Å². The molecule has 2 aromatic carbocycles. The van der Waals surface area contributed by atoms with E-state index in [1.54, 1.807) is 23.5 Å². The number of nitrogens with one attached hydrogen (secondary N) is 1. The molecule has 146 valence electrons. The zero-order valence-electron chi connectivity index (χ0n) is 16.0. The molecule has 3 aromatic rings. The Bertz CT molecular complexity index is 889. The van der Waals surface area contributed by atoms with Crippen molar-refractivity contribution in [2.24, 2.45) is 5.73 Å². The highest BCUT2D eigenvalue weighted by Gasteiger charge is 2.03. The van der Waals surface area contributed by atoms with Crippen LogP contribution in [-0.4, -0.2) is 24.0 Å². The van der Waals surface area contributed by atoms with Crippen molar-refractivity contribution in [3.63, 3.8) is 0 Å². The summed E-state index contributed by atoms with van der Waals surface area (Å²) in [7, 11) is 0. The predicted molar refractivity (Wildman–Crippen MR) is 115 cm³/mol. The van der Waals surface area contributed by atoms with Crippen LogP contribution in [0.25, 0.3) is 11.3 Å². The Balaban J connectivity index is 1.30. The molecule has 1 heterocycles. The molecule has 0 spiro atoms. The van der Waals surface area contributed by atoms with Crippen molar-refractivity contribution in [3.05, 3.63) is 64.5 Å². The Morgan fingerprint density at radius 2 is 1.50 bits per heavy atom. The number of hydrogen-bond acceptors (Lipinski definition) is 5. The number of nitrogen functional groups attached to an aromatic ring is 1. The van der Waals surface area contributed by atoms with Crippen LogP contribution < -0.4 is 15.2 Å². The molecule has 5 nitrogen and oxygen atoms in total. The van der Waals surface area contributed by atoms with Crippen molar-refractivity contribution in [1.29, 1.82) is 5.41 Å². The number of thiazole rings is 1. The van der Waals surface area contributed by atoms with Crippen molar-refractivity contribution in [2.75, 3.05) is 13.2 Å². The number of ether oxygens (including phenoxy) is 2. The Morgan fingerprint density at radius 3 is 2.00 bits per heavy atom. The standard InChI is InChI=1S/C22H25N3O2S/c1-16-25-21(15-28-16)17-5-9-19(10-6-17)26-13-3-2-4-14-27-20-11-7-18(8-12-20)22(23)24/h5-12,15H,2-4,13-14H2,1H3,(H3,23,24). The smallest absolute Gasteiger partial charge is 0.122 e. The van der Waals surface area contributed by atoms with Gasteiger partial charge in [-0.25, -0.2) is 4.98 Å². The summed E-state index contributed by atoms with van der Waals surface area (Å²) in [5.41, 5.74) is 8.28. The van der Waals surface area contributed by atoms with Gasteiger partial charge in [-0.05, 0) is 74.7 Å². The van der Waals surface area contributed by atoms with E-state index in [-0.39, 0.29) is 5.84 Å². The number of amidine groups is 1. The zero-order chi connectivity index (χ0) is 19.8. The molecule has 0 amide bonds. The van der Waals surface area contributed by atoms with Gasteiger partial charge in [0.15, 0.2) is 0 Å². The third-order valence-corrected chi connectivity index (χ3v) is 5.03. The van der Waals surface area contributed by atoms with Crippen LogP contribution in [0.3, 0.4) is 0 Å². The van der Waals surface area contributed by atoms with E-state index in [0.29, 0.717) is 18.8 Å². The second-order valence-corrected chi connectivity index (χ2v) is 7.53. The summed E-state index contributed by atoms with van der Waals surface area (Å²) in [6, 6.07) is 15.4. The number of rotatable bonds is 10. The molecule has 0 aliphatic rings. The van der Waals surface area contributed by atoms with Gasteiger partial charge in [0.1, 0.15) is 17.3 Å². The summed E-state index contributed by atoms with van der Waals surface area (Å²) in [4.78, 5) is 4.50. The van der Waals surface area contributed by atoms with Gasteiger partial charge in [0, 0.05) is 16.5 Å². The molecule has 1 aromatic heterocycles. The van der Waals surface area contributed by atoms with Crippen molar-refractivity contribution >= 4 is 17.2 Å². The third kappa shape index (κ3) is 5.82. The second kappa shape index (κ2) is 9.90. The van der Waals surface area contributed by atoms with Gasteiger partial charge in [-0.3, -0.25) is 5.41 Å². The highest BCUT2D eigenvalue weighted by atomic mass is 32.1. The van der Waals surface area contributed by atoms with E-state index in [4.69, 9.17) is 20.6 Å². The molecule has 0 radical (unpaired) electrons. The number of nitrogens with two attached hydrogens (primary N) is 1. The molecule has 0 unspecified atom stereocenters. The van der Waals surface area contributed by atoms with E-state index >= 15 is 0 Å². The fourth-order valence-corrected chi connectivity index (χ4v) is 3.33. The minimum absolute atomic E-state index is 0.0689. The summed E-state index contributed by atoms with van der Waals surface area (Å²) in [5, 5.41) is 10.5. The van der Waals surface area contributed by atoms with Gasteiger partial charge >= 0.3 is 0 Å². The maximum Gasteiger partial charge on any atom is 0.122 e. The van der Waals surface area contributed by atoms with Gasteiger partial charge in [0.2, 0.25) is 0 Å². The first-order valence-corrected chi connectivity index (χ1v) is 10.2. The Morgan fingerprint density at radius 1 is 0.929 bits per heavy atom. The largest absolute Gasteiger partial charge is 0.494 e. The first-order chi connectivity index (χ1) is 13.6. The normalized spacial score (nSPS) is 10.6. The number of aromatic nitrogens is 1. The number of unbranched alkanes of at least 4 members (excludes halogenated alkanes) is 2. The Hall–Kier alpha value is -2.86. The van der Waals surface area contributed by atoms with Gasteiger partial charge in [0.05, 0.1) is 23.9 Å². The first-order valence-electron chi connectivity index (χ1n) is 9.34. The summed E-state index contributed by atoms with van der Waals surface area (Å²) < 4.78 is 11.5. The molecule has 6 heteroatoms. The minimum Gasteiger partial charge on any atom is -0.494 e. The van der Waals surface area contributed by atoms with Crippen molar-refractivity contribution in [3.8, 4) is 22.8 Å². The molecule has 0 saturated heterocycles. The van der Waals surface area contributed by atoms with Crippen molar-refractivity contribution in [1.82, 2.24) is 4.98 Å². The molecule has 28 heavy (non-hydrogen) atoms. The molecule has 0 saturated carbocycles. The van der Waals surface area contributed by atoms with Gasteiger partial charge in [-0.15, -0.1) is 11.3 Å². The summed E-state index contributed by atoms with van der Waals surface area (Å²) >= 11 is 1.66. The highest BCUT2D eigenvalue weighted by Crippen LogP contribution is 2.24. The zero-order valence-corrected chi connectivity index (χ0v) is 16.8. The predicted octanol–water partition coefficient (Wildman–Crippen LogP) is 5.03. The lowest BCUT2D eigenvalue weighted by molar-refractivity contribution is 0.279. The first kappa shape index (κ1) is 19.9. The monoisotopic (exact) mass is 395 g/mol. The van der Waals surface area contributed by atoms with Gasteiger partial charge in [0.25, 0.3) is 0 Å². The topological polar surface area (TPSA) is 81.2 Å². The summed E-state index contributed by atoms with van der Waals surface area (Å²) in [6.07, 6.45) is 3.00. The Labute approximate surface area is 169 Å². The molecule has 3 N–H and O–H groups in total. The minimum atomic E-state index is 0.0689. The lowest BCUT2D eigenvalue weighted by Gasteiger charge is -2.08. The highest BCUT2D eigenvalue weighted by molar-refractivity contribution is 7.09. The van der Waals surface area contributed by atoms with Crippen LogP contribution in [0.2, 0.25) is 0 Å². The average Bonchev–Trinajstić information content (AvgIpc) is 3.14. The molecular formula is C22H25N3O2S. The summed E-state index contributed by atoms with van der Waals surface area (Å²) in [6.45, 7) is 3.38. The fraction of sp³-hybridized carbons (Fsp3) is 0.273. The van der Waals surface area contributed by atoms with Crippen molar-refractivity contribution < 1.29 is 9.47 Å². The number of nitrogens with zero attached hydrogens (tertiary/aromatic N) is 1. The van der Waals surface area contributed by atoms with Crippen LogP contribution in [0.15, 0.2) is 53.9 Å². The lowest BCUT2D eigenvalue weighted by Crippen LogP contribution is -2.10. The van der Waals surface area contributed by atoms with Crippen LogP contribution in [0.4, 0.5) is 0 Å². The lowest BCUT2D eigenvalue weighted by atomic mass is 10.2. The van der Waals surface area contributed by atoms with E-state index in [1.807, 2.05) is 31.2 Å². The molecule has 0 aliphatic heterocycles. The Kier molecular flexibility index (Phi) is 7.03. The van der Waals surface area contributed by atoms with Crippen LogP contribution in [0.1, 0.15) is 29.8 Å². The van der Waals surface area contributed by atoms with Crippen LogP contribution in [0.5, 0.6) is 11.5 Å². The SMILES string of the molecule is Cc1nc(-c2ccc(OCCCCCOc3ccc(C(=N)N)cc3)cc2)cs1. The number of aryl methyl sites for hydroxylation is 1. The van der Waals surface area contributed by atoms with E-state index in [0.717, 1.165) is 47.0 Å². The number of hydrogen-bond donors (Lipinski definition) is 2. The van der Waals surface area contributed by atoms with E-state index in [1.165, 1.54) is 0 Å². The van der Waals surface area contributed by atoms with E-state index in [9.17, 15) is 0 Å².